The summed E-state index contributed by atoms with van der Waals surface area (Å²) in [5.74, 6) is 2.90. The lowest BCUT2D eigenvalue weighted by Gasteiger charge is -2.46. The third-order valence-electron chi connectivity index (χ3n) is 17.6. The van der Waals surface area contributed by atoms with Gasteiger partial charge in [0.15, 0.2) is 0 Å². The first-order valence-electron chi connectivity index (χ1n) is 24.7. The SMILES string of the molecule is CC1(C)c2ccccc2-c2ccc(N(c3ccc(-c4c5c(cc6c4C4CCC6CC4)C4CCC5CC4)cc3)c3cccc(C4(c5ccccc5)c5ccccc5-c5ccccc54)c3)cc21. The average Bonchev–Trinajstić information content (AvgIpc) is 3.80. The summed E-state index contributed by atoms with van der Waals surface area (Å²) < 4.78 is 0. The van der Waals surface area contributed by atoms with Gasteiger partial charge in [-0.05, 0) is 200 Å². The first-order chi connectivity index (χ1) is 32.0. The van der Waals surface area contributed by atoms with E-state index in [-0.39, 0.29) is 5.41 Å². The van der Waals surface area contributed by atoms with Crippen LogP contribution >= 0.6 is 0 Å². The summed E-state index contributed by atoms with van der Waals surface area (Å²) in [6, 6.07) is 67.9. The molecule has 0 aliphatic heterocycles. The second-order valence-electron chi connectivity index (χ2n) is 20.9. The Morgan fingerprint density at radius 2 is 0.846 bits per heavy atom. The molecular weight excluding hydrogens is 783 g/mol. The minimum absolute atomic E-state index is 0.113. The normalized spacial score (nSPS) is 21.8. The largest absolute Gasteiger partial charge is 0.310 e. The lowest BCUT2D eigenvalue weighted by molar-refractivity contribution is 0.342. The van der Waals surface area contributed by atoms with E-state index in [2.05, 4.69) is 195 Å². The van der Waals surface area contributed by atoms with Gasteiger partial charge in [-0.1, -0.05) is 153 Å². The second kappa shape index (κ2) is 14.0. The third-order valence-corrected chi connectivity index (χ3v) is 17.6. The van der Waals surface area contributed by atoms with Crippen LogP contribution in [-0.2, 0) is 10.8 Å². The molecule has 0 saturated heterocycles. The molecule has 0 unspecified atom stereocenters. The maximum absolute atomic E-state index is 2.75. The van der Waals surface area contributed by atoms with E-state index in [1.165, 1.54) is 130 Å². The number of benzene rings is 8. The summed E-state index contributed by atoms with van der Waals surface area (Å²) in [6.45, 7) is 4.81. The Morgan fingerprint density at radius 1 is 0.369 bits per heavy atom. The number of hydrogen-bond acceptors (Lipinski definition) is 1. The van der Waals surface area contributed by atoms with E-state index in [0.29, 0.717) is 11.8 Å². The summed E-state index contributed by atoms with van der Waals surface area (Å²) in [4.78, 5) is 2.55. The zero-order valence-corrected chi connectivity index (χ0v) is 37.7. The van der Waals surface area contributed by atoms with E-state index in [1.807, 2.05) is 0 Å². The molecule has 1 heteroatoms. The van der Waals surface area contributed by atoms with E-state index >= 15 is 0 Å². The predicted molar refractivity (Wildman–Crippen MR) is 269 cm³/mol. The Bertz CT molecular complexity index is 3110. The van der Waals surface area contributed by atoms with Gasteiger partial charge in [-0.3, -0.25) is 0 Å². The van der Waals surface area contributed by atoms with Crippen molar-refractivity contribution in [3.05, 3.63) is 232 Å². The van der Waals surface area contributed by atoms with Crippen molar-refractivity contribution >= 4 is 17.1 Å². The molecule has 8 aliphatic rings. The Kier molecular flexibility index (Phi) is 8.18. The van der Waals surface area contributed by atoms with Crippen molar-refractivity contribution in [1.82, 2.24) is 0 Å². The highest BCUT2D eigenvalue weighted by molar-refractivity contribution is 5.89. The van der Waals surface area contributed by atoms with Crippen LogP contribution < -0.4 is 4.90 Å². The van der Waals surface area contributed by atoms with Crippen molar-refractivity contribution < 1.29 is 0 Å². The molecule has 2 saturated carbocycles. The molecule has 0 atom stereocenters. The van der Waals surface area contributed by atoms with Crippen LogP contribution in [0.1, 0.15) is 145 Å². The Hall–Kier alpha value is -6.44. The molecule has 8 aliphatic carbocycles. The van der Waals surface area contributed by atoms with Gasteiger partial charge in [0.05, 0.1) is 5.41 Å². The smallest absolute Gasteiger partial charge is 0.0714 e. The van der Waals surface area contributed by atoms with Crippen LogP contribution in [0.5, 0.6) is 0 Å². The standard InChI is InChI=1S/C64H55N/c1-63(2)56-20-9-6-17-50(56)53-36-35-49(38-59(53)63)65(47-33-31-44(32-34-47)62-60-42-27-23-40(24-28-42)54(60)39-55-41-25-29-43(30-26-41)61(55)62)48-16-12-15-46(37-48)64(45-13-4-3-5-14-45)57-21-10-7-18-51(57)52-19-8-11-22-58(52)64/h3-22,31-43H,23-30H2,1-2H3. The molecule has 0 heterocycles. The van der Waals surface area contributed by atoms with Crippen molar-refractivity contribution in [3.8, 4) is 33.4 Å². The van der Waals surface area contributed by atoms with Crippen LogP contribution in [-0.4, -0.2) is 0 Å². The third kappa shape index (κ3) is 5.27. The zero-order valence-electron chi connectivity index (χ0n) is 37.7. The Morgan fingerprint density at radius 3 is 1.46 bits per heavy atom. The van der Waals surface area contributed by atoms with Crippen molar-refractivity contribution in [1.29, 1.82) is 0 Å². The lowest BCUT2D eigenvalue weighted by atomic mass is 9.59. The van der Waals surface area contributed by atoms with Gasteiger partial charge >= 0.3 is 0 Å². The number of anilines is 3. The first-order valence-corrected chi connectivity index (χ1v) is 24.7. The van der Waals surface area contributed by atoms with Crippen LogP contribution in [0.2, 0.25) is 0 Å². The van der Waals surface area contributed by atoms with Crippen molar-refractivity contribution in [2.24, 2.45) is 0 Å². The van der Waals surface area contributed by atoms with Crippen LogP contribution in [0.4, 0.5) is 17.1 Å². The molecule has 0 amide bonds. The lowest BCUT2D eigenvalue weighted by Crippen LogP contribution is -2.28. The second-order valence-corrected chi connectivity index (χ2v) is 20.9. The van der Waals surface area contributed by atoms with Gasteiger partial charge in [-0.25, -0.2) is 0 Å². The van der Waals surface area contributed by atoms with Crippen molar-refractivity contribution in [3.63, 3.8) is 0 Å². The van der Waals surface area contributed by atoms with Gasteiger partial charge in [0, 0.05) is 22.5 Å². The molecule has 0 aromatic heterocycles. The molecular formula is C64H55N. The van der Waals surface area contributed by atoms with Gasteiger partial charge in [0.2, 0.25) is 0 Å². The van der Waals surface area contributed by atoms with Gasteiger partial charge in [0.25, 0.3) is 0 Å². The molecule has 2 fully saturated rings. The van der Waals surface area contributed by atoms with Crippen LogP contribution in [0.3, 0.4) is 0 Å². The molecule has 1 nitrogen and oxygen atoms in total. The number of nitrogens with zero attached hydrogens (tertiary/aromatic N) is 1. The highest BCUT2D eigenvalue weighted by Crippen LogP contribution is 2.61. The topological polar surface area (TPSA) is 3.24 Å². The molecule has 65 heavy (non-hydrogen) atoms. The van der Waals surface area contributed by atoms with Gasteiger partial charge in [0.1, 0.15) is 0 Å². The molecule has 0 radical (unpaired) electrons. The minimum Gasteiger partial charge on any atom is -0.310 e. The number of fused-ring (bicyclic) bond motifs is 10. The highest BCUT2D eigenvalue weighted by atomic mass is 15.1. The average molecular weight is 838 g/mol. The van der Waals surface area contributed by atoms with Crippen LogP contribution in [0.25, 0.3) is 33.4 Å². The molecule has 0 spiro atoms. The summed E-state index contributed by atoms with van der Waals surface area (Å²) in [7, 11) is 0. The monoisotopic (exact) mass is 837 g/mol. The Labute approximate surface area is 384 Å². The molecule has 8 aromatic carbocycles. The molecule has 0 N–H and O–H groups in total. The maximum atomic E-state index is 2.75. The maximum Gasteiger partial charge on any atom is 0.0714 e. The highest BCUT2D eigenvalue weighted by Gasteiger charge is 2.47. The van der Waals surface area contributed by atoms with Crippen molar-refractivity contribution in [2.75, 3.05) is 4.90 Å². The van der Waals surface area contributed by atoms with E-state index in [4.69, 9.17) is 0 Å². The van der Waals surface area contributed by atoms with Crippen molar-refractivity contribution in [2.45, 2.75) is 99.7 Å². The van der Waals surface area contributed by atoms with Crippen LogP contribution in [0.15, 0.2) is 176 Å². The number of rotatable bonds is 6. The molecule has 16 rings (SSSR count). The van der Waals surface area contributed by atoms with E-state index in [1.54, 1.807) is 27.8 Å². The zero-order chi connectivity index (χ0) is 43.0. The van der Waals surface area contributed by atoms with Gasteiger partial charge in [-0.2, -0.15) is 0 Å². The summed E-state index contributed by atoms with van der Waals surface area (Å²) in [6.07, 6.45) is 10.9. The minimum atomic E-state index is -0.480. The molecule has 316 valence electrons. The summed E-state index contributed by atoms with van der Waals surface area (Å²) in [5, 5.41) is 0. The quantitative estimate of drug-likeness (QED) is 0.161. The fraction of sp³-hybridized carbons (Fsp3) is 0.250. The fourth-order valence-electron chi connectivity index (χ4n) is 14.7. The molecule has 8 aromatic rings. The van der Waals surface area contributed by atoms with Gasteiger partial charge < -0.3 is 4.90 Å². The number of hydrogen-bond donors (Lipinski definition) is 0. The Balaban J connectivity index is 0.974. The van der Waals surface area contributed by atoms with E-state index in [0.717, 1.165) is 11.8 Å². The first kappa shape index (κ1) is 37.9. The molecule has 4 bridgehead atoms. The fourth-order valence-corrected chi connectivity index (χ4v) is 14.7. The van der Waals surface area contributed by atoms with Crippen LogP contribution in [0, 0.1) is 0 Å². The van der Waals surface area contributed by atoms with E-state index < -0.39 is 5.41 Å². The predicted octanol–water partition coefficient (Wildman–Crippen LogP) is 17.0. The summed E-state index contributed by atoms with van der Waals surface area (Å²) >= 11 is 0. The van der Waals surface area contributed by atoms with E-state index in [9.17, 15) is 0 Å². The van der Waals surface area contributed by atoms with Gasteiger partial charge in [-0.15, -0.1) is 0 Å². The summed E-state index contributed by atoms with van der Waals surface area (Å²) in [5.41, 5.74) is 26.4.